The van der Waals surface area contributed by atoms with Crippen LogP contribution in [-0.4, -0.2) is 80.6 Å². The van der Waals surface area contributed by atoms with Crippen molar-refractivity contribution in [1.82, 2.24) is 9.21 Å². The highest BCUT2D eigenvalue weighted by Gasteiger charge is 2.36. The molecule has 10 heteroatoms. The van der Waals surface area contributed by atoms with E-state index in [2.05, 4.69) is 0 Å². The monoisotopic (exact) mass is 398 g/mol. The fourth-order valence-electron chi connectivity index (χ4n) is 3.00. The standard InChI is InChI=1S/C17H22N2O7S/c1-25-14-5-2-12(17(22)19(11-16(20)21)13-3-4-13)10-15(14)27(23,24)18-6-8-26-9-7-18/h2,5,10,13H,3-4,6-9,11H2,1H3,(H,20,21). The lowest BCUT2D eigenvalue weighted by Gasteiger charge is -2.27. The molecule has 0 aromatic heterocycles. The van der Waals surface area contributed by atoms with Gasteiger partial charge in [-0.1, -0.05) is 0 Å². The van der Waals surface area contributed by atoms with Crippen LogP contribution in [0.2, 0.25) is 0 Å². The Morgan fingerprint density at radius 2 is 1.96 bits per heavy atom. The molecule has 27 heavy (non-hydrogen) atoms. The van der Waals surface area contributed by atoms with Gasteiger partial charge in [0.25, 0.3) is 5.91 Å². The number of hydrogen-bond acceptors (Lipinski definition) is 6. The van der Waals surface area contributed by atoms with Crippen molar-refractivity contribution in [3.8, 4) is 5.75 Å². The van der Waals surface area contributed by atoms with Gasteiger partial charge in [-0.3, -0.25) is 9.59 Å². The van der Waals surface area contributed by atoms with Crippen LogP contribution >= 0.6 is 0 Å². The van der Waals surface area contributed by atoms with Crippen molar-refractivity contribution in [3.05, 3.63) is 23.8 Å². The number of rotatable bonds is 7. The molecule has 2 fully saturated rings. The minimum absolute atomic E-state index is 0.108. The zero-order valence-corrected chi connectivity index (χ0v) is 15.8. The zero-order valence-electron chi connectivity index (χ0n) is 15.0. The van der Waals surface area contributed by atoms with Crippen molar-refractivity contribution in [3.63, 3.8) is 0 Å². The molecule has 1 saturated heterocycles. The maximum Gasteiger partial charge on any atom is 0.323 e. The predicted molar refractivity (Wildman–Crippen MR) is 94.3 cm³/mol. The third kappa shape index (κ3) is 4.23. The molecule has 1 aromatic carbocycles. The quantitative estimate of drug-likeness (QED) is 0.707. The lowest BCUT2D eigenvalue weighted by Crippen LogP contribution is -2.41. The molecule has 1 aromatic rings. The van der Waals surface area contributed by atoms with Crippen LogP contribution in [-0.2, 0) is 19.6 Å². The number of benzene rings is 1. The summed E-state index contributed by atoms with van der Waals surface area (Å²) >= 11 is 0. The first-order valence-electron chi connectivity index (χ1n) is 8.63. The zero-order chi connectivity index (χ0) is 19.6. The lowest BCUT2D eigenvalue weighted by molar-refractivity contribution is -0.137. The van der Waals surface area contributed by atoms with Crippen LogP contribution in [0.5, 0.6) is 5.75 Å². The molecule has 0 radical (unpaired) electrons. The van der Waals surface area contributed by atoms with Gasteiger partial charge in [0.15, 0.2) is 0 Å². The average Bonchev–Trinajstić information content (AvgIpc) is 3.50. The smallest absolute Gasteiger partial charge is 0.323 e. The third-order valence-electron chi connectivity index (χ3n) is 4.55. The number of amides is 1. The summed E-state index contributed by atoms with van der Waals surface area (Å²) in [5, 5.41) is 9.06. The average molecular weight is 398 g/mol. The molecular weight excluding hydrogens is 376 g/mol. The van der Waals surface area contributed by atoms with Gasteiger partial charge in [0.2, 0.25) is 10.0 Å². The Balaban J connectivity index is 1.95. The van der Waals surface area contributed by atoms with Crippen molar-refractivity contribution in [2.75, 3.05) is 40.0 Å². The molecule has 1 saturated carbocycles. The summed E-state index contributed by atoms with van der Waals surface area (Å²) in [6.07, 6.45) is 1.49. The Labute approximate surface area is 157 Å². The number of methoxy groups -OCH3 is 1. The summed E-state index contributed by atoms with van der Waals surface area (Å²) in [5.74, 6) is -1.47. The second kappa shape index (κ2) is 7.83. The Morgan fingerprint density at radius 3 is 2.52 bits per heavy atom. The molecule has 0 atom stereocenters. The number of carbonyl (C=O) groups excluding carboxylic acids is 1. The first kappa shape index (κ1) is 19.6. The number of morpholine rings is 1. The molecule has 0 unspecified atom stereocenters. The van der Waals surface area contributed by atoms with Gasteiger partial charge in [0, 0.05) is 24.7 Å². The molecule has 1 amide bonds. The van der Waals surface area contributed by atoms with Crippen molar-refractivity contribution < 1.29 is 32.6 Å². The molecule has 1 heterocycles. The van der Waals surface area contributed by atoms with Crippen LogP contribution in [0.4, 0.5) is 0 Å². The first-order chi connectivity index (χ1) is 12.8. The van der Waals surface area contributed by atoms with Gasteiger partial charge in [-0.25, -0.2) is 8.42 Å². The topological polar surface area (TPSA) is 113 Å². The maximum atomic E-state index is 13.0. The van der Waals surface area contributed by atoms with E-state index < -0.39 is 28.4 Å². The van der Waals surface area contributed by atoms with E-state index in [9.17, 15) is 18.0 Å². The number of sulfonamides is 1. The summed E-state index contributed by atoms with van der Waals surface area (Å²) in [6, 6.07) is 4.03. The lowest BCUT2D eigenvalue weighted by atomic mass is 10.2. The van der Waals surface area contributed by atoms with E-state index in [0.717, 1.165) is 12.8 Å². The second-order valence-electron chi connectivity index (χ2n) is 6.44. The van der Waals surface area contributed by atoms with Crippen molar-refractivity contribution in [2.45, 2.75) is 23.8 Å². The number of carboxylic acids is 1. The van der Waals surface area contributed by atoms with E-state index in [1.165, 1.54) is 34.5 Å². The van der Waals surface area contributed by atoms with Gasteiger partial charge in [0.1, 0.15) is 17.2 Å². The van der Waals surface area contributed by atoms with E-state index >= 15 is 0 Å². The van der Waals surface area contributed by atoms with Crippen LogP contribution in [0.3, 0.4) is 0 Å². The Morgan fingerprint density at radius 1 is 1.30 bits per heavy atom. The SMILES string of the molecule is COc1ccc(C(=O)N(CC(=O)O)C2CC2)cc1S(=O)(=O)N1CCOCC1. The number of nitrogens with zero attached hydrogens (tertiary/aromatic N) is 2. The predicted octanol–water partition coefficient (Wildman–Crippen LogP) is 0.405. The minimum Gasteiger partial charge on any atom is -0.495 e. The van der Waals surface area contributed by atoms with E-state index in [-0.39, 0.29) is 35.3 Å². The van der Waals surface area contributed by atoms with Gasteiger partial charge >= 0.3 is 5.97 Å². The number of carboxylic acid groups (broad SMARTS) is 1. The minimum atomic E-state index is -3.87. The Kier molecular flexibility index (Phi) is 5.68. The van der Waals surface area contributed by atoms with Gasteiger partial charge in [-0.2, -0.15) is 4.31 Å². The number of aliphatic carboxylic acids is 1. The summed E-state index contributed by atoms with van der Waals surface area (Å²) in [6.45, 7) is 0.622. The van der Waals surface area contributed by atoms with Crippen molar-refractivity contribution in [1.29, 1.82) is 0 Å². The van der Waals surface area contributed by atoms with E-state index in [4.69, 9.17) is 14.6 Å². The number of ether oxygens (including phenoxy) is 2. The van der Waals surface area contributed by atoms with Crippen molar-refractivity contribution >= 4 is 21.9 Å². The normalized spacial score (nSPS) is 18.1. The molecule has 9 nitrogen and oxygen atoms in total. The molecule has 1 aliphatic heterocycles. The van der Waals surface area contributed by atoms with Crippen LogP contribution in [0.1, 0.15) is 23.2 Å². The molecule has 1 N–H and O–H groups in total. The number of carbonyl (C=O) groups is 2. The molecule has 2 aliphatic rings. The van der Waals surface area contributed by atoms with Crippen LogP contribution < -0.4 is 4.74 Å². The highest BCUT2D eigenvalue weighted by atomic mass is 32.2. The largest absolute Gasteiger partial charge is 0.495 e. The first-order valence-corrected chi connectivity index (χ1v) is 10.1. The summed E-state index contributed by atoms with van der Waals surface area (Å²) in [4.78, 5) is 25.1. The summed E-state index contributed by atoms with van der Waals surface area (Å²) < 4.78 is 37.7. The Bertz CT molecular complexity index is 830. The van der Waals surface area contributed by atoms with Crippen LogP contribution in [0.25, 0.3) is 0 Å². The van der Waals surface area contributed by atoms with Gasteiger partial charge in [-0.15, -0.1) is 0 Å². The van der Waals surface area contributed by atoms with Crippen molar-refractivity contribution in [2.24, 2.45) is 0 Å². The molecule has 0 spiro atoms. The molecule has 1 aliphatic carbocycles. The van der Waals surface area contributed by atoms with E-state index in [0.29, 0.717) is 13.2 Å². The maximum absolute atomic E-state index is 13.0. The molecule has 3 rings (SSSR count). The third-order valence-corrected chi connectivity index (χ3v) is 6.47. The molecular formula is C17H22N2O7S. The number of hydrogen-bond donors (Lipinski definition) is 1. The van der Waals surface area contributed by atoms with E-state index in [1.54, 1.807) is 0 Å². The highest BCUT2D eigenvalue weighted by molar-refractivity contribution is 7.89. The van der Waals surface area contributed by atoms with Gasteiger partial charge in [-0.05, 0) is 31.0 Å². The highest BCUT2D eigenvalue weighted by Crippen LogP contribution is 2.31. The van der Waals surface area contributed by atoms with Crippen LogP contribution in [0, 0.1) is 0 Å². The Hall–Kier alpha value is -2.17. The molecule has 148 valence electrons. The fourth-order valence-corrected chi connectivity index (χ4v) is 4.59. The summed E-state index contributed by atoms with van der Waals surface area (Å²) in [5.41, 5.74) is 0.121. The van der Waals surface area contributed by atoms with E-state index in [1.807, 2.05) is 0 Å². The second-order valence-corrected chi connectivity index (χ2v) is 8.35. The fraction of sp³-hybridized carbons (Fsp3) is 0.529. The van der Waals surface area contributed by atoms with Crippen LogP contribution in [0.15, 0.2) is 23.1 Å². The van der Waals surface area contributed by atoms with Gasteiger partial charge < -0.3 is 19.5 Å². The molecule has 0 bridgehead atoms. The summed E-state index contributed by atoms with van der Waals surface area (Å²) in [7, 11) is -2.52. The van der Waals surface area contributed by atoms with Gasteiger partial charge in [0.05, 0.1) is 20.3 Å².